The van der Waals surface area contributed by atoms with E-state index in [0.717, 1.165) is 11.1 Å². The van der Waals surface area contributed by atoms with E-state index in [1.165, 1.54) is 0 Å². The second-order valence-corrected chi connectivity index (χ2v) is 9.88. The molecule has 0 atom stereocenters. The summed E-state index contributed by atoms with van der Waals surface area (Å²) >= 11 is 0. The lowest BCUT2D eigenvalue weighted by atomic mass is 10.0. The van der Waals surface area contributed by atoms with E-state index in [1.54, 1.807) is 45.7 Å². The molecule has 10 nitrogen and oxygen atoms in total. The molecule has 4 N–H and O–H groups in total. The molecule has 10 heteroatoms. The van der Waals surface area contributed by atoms with Gasteiger partial charge in [0.05, 0.1) is 31.9 Å². The van der Waals surface area contributed by atoms with E-state index in [2.05, 4.69) is 21.8 Å². The highest BCUT2D eigenvalue weighted by Crippen LogP contribution is 2.33. The predicted octanol–water partition coefficient (Wildman–Crippen LogP) is 4.19. The maximum absolute atomic E-state index is 13.3. The van der Waals surface area contributed by atoms with Gasteiger partial charge in [0.1, 0.15) is 11.4 Å². The molecule has 5 rings (SSSR count). The first kappa shape index (κ1) is 29.7. The molecule has 222 valence electrons. The Hall–Kier alpha value is -5.82. The molecule has 0 saturated carbocycles. The molecule has 2 heterocycles. The zero-order valence-electron chi connectivity index (χ0n) is 24.6. The number of aromatic nitrogens is 3. The van der Waals surface area contributed by atoms with Crippen molar-refractivity contribution in [2.45, 2.75) is 19.9 Å². The van der Waals surface area contributed by atoms with E-state index < -0.39 is 11.4 Å². The fourth-order valence-electron chi connectivity index (χ4n) is 4.88. The van der Waals surface area contributed by atoms with Crippen LogP contribution in [0.15, 0.2) is 77.9 Å². The minimum Gasteiger partial charge on any atom is -0.493 e. The van der Waals surface area contributed by atoms with Gasteiger partial charge in [0.15, 0.2) is 11.5 Å². The molecule has 44 heavy (non-hydrogen) atoms. The highest BCUT2D eigenvalue weighted by Gasteiger charge is 2.17. The Morgan fingerprint density at radius 2 is 1.77 bits per heavy atom. The smallest absolute Gasteiger partial charge is 0.343 e. The first-order chi connectivity index (χ1) is 21.3. The van der Waals surface area contributed by atoms with E-state index in [0.29, 0.717) is 57.9 Å². The summed E-state index contributed by atoms with van der Waals surface area (Å²) in [5.74, 6) is 7.13. The number of nitrogens with zero attached hydrogens (tertiary/aromatic N) is 3. The molecule has 0 aliphatic carbocycles. The highest BCUT2D eigenvalue weighted by atomic mass is 16.5. The van der Waals surface area contributed by atoms with Gasteiger partial charge in [0.2, 0.25) is 11.4 Å². The second kappa shape index (κ2) is 13.0. The molecule has 0 bridgehead atoms. The van der Waals surface area contributed by atoms with Crippen molar-refractivity contribution in [2.24, 2.45) is 0 Å². The molecule has 3 aromatic carbocycles. The van der Waals surface area contributed by atoms with Crippen LogP contribution in [0.1, 0.15) is 45.1 Å². The number of anilines is 2. The van der Waals surface area contributed by atoms with Gasteiger partial charge in [-0.2, -0.15) is 4.98 Å². The summed E-state index contributed by atoms with van der Waals surface area (Å²) in [6, 6.07) is 18.8. The number of methoxy groups -OCH3 is 2. The predicted molar refractivity (Wildman–Crippen MR) is 169 cm³/mol. The number of fused-ring (bicyclic) bond motifs is 1. The van der Waals surface area contributed by atoms with Crippen LogP contribution in [0.25, 0.3) is 10.9 Å². The first-order valence-corrected chi connectivity index (χ1v) is 13.8. The number of ether oxygens (including phenoxy) is 3. The summed E-state index contributed by atoms with van der Waals surface area (Å²) in [5, 5.41) is 0.390. The summed E-state index contributed by atoms with van der Waals surface area (Å²) in [6.07, 6.45) is 3.57. The number of hydrogen-bond acceptors (Lipinski definition) is 9. The van der Waals surface area contributed by atoms with Crippen molar-refractivity contribution in [3.8, 4) is 23.3 Å². The Balaban J connectivity index is 1.59. The zero-order chi connectivity index (χ0) is 31.2. The van der Waals surface area contributed by atoms with Crippen LogP contribution in [0.4, 0.5) is 11.8 Å². The standard InChI is InChI=1S/C34H31N5O5/c1-4-44-33(41)27-20-39(19-22-8-6-5-7-9-22)28-16-21(11-13-26(28)30(27)40)10-12-24-14-23(17-29(42-2)31(24)43-3)15-25-18-37-34(36)38-32(25)35/h5-9,11,13-14,16-18,20H,4,15,19H2,1-3H3,(H4,35,36,37,38). The third-order valence-electron chi connectivity index (χ3n) is 6.96. The van der Waals surface area contributed by atoms with E-state index >= 15 is 0 Å². The lowest BCUT2D eigenvalue weighted by Gasteiger charge is -2.14. The van der Waals surface area contributed by atoms with Gasteiger partial charge in [-0.15, -0.1) is 0 Å². The maximum Gasteiger partial charge on any atom is 0.343 e. The van der Waals surface area contributed by atoms with E-state index in [9.17, 15) is 9.59 Å². The summed E-state index contributed by atoms with van der Waals surface area (Å²) in [6.45, 7) is 2.31. The Bertz CT molecular complexity index is 1980. The molecule has 0 spiro atoms. The van der Waals surface area contributed by atoms with Crippen LogP contribution in [0, 0.1) is 11.8 Å². The molecule has 0 aliphatic heterocycles. The van der Waals surface area contributed by atoms with Crippen molar-refractivity contribution in [1.82, 2.24) is 14.5 Å². The number of hydrogen-bond donors (Lipinski definition) is 2. The Labute approximate surface area is 254 Å². The van der Waals surface area contributed by atoms with Crippen molar-refractivity contribution in [3.63, 3.8) is 0 Å². The molecule has 0 saturated heterocycles. The Morgan fingerprint density at radius 3 is 2.48 bits per heavy atom. The summed E-state index contributed by atoms with van der Waals surface area (Å²) < 4.78 is 18.3. The summed E-state index contributed by atoms with van der Waals surface area (Å²) in [5.41, 5.74) is 15.7. The van der Waals surface area contributed by atoms with Crippen LogP contribution in [0.5, 0.6) is 11.5 Å². The number of esters is 1. The van der Waals surface area contributed by atoms with Crippen LogP contribution < -0.4 is 26.4 Å². The van der Waals surface area contributed by atoms with Gasteiger partial charge < -0.3 is 30.2 Å². The van der Waals surface area contributed by atoms with Crippen LogP contribution in [-0.2, 0) is 17.7 Å². The minimum absolute atomic E-state index is 0.0186. The van der Waals surface area contributed by atoms with Gasteiger partial charge in [0, 0.05) is 41.9 Å². The third kappa shape index (κ3) is 6.32. The van der Waals surface area contributed by atoms with Crippen molar-refractivity contribution in [2.75, 3.05) is 32.3 Å². The summed E-state index contributed by atoms with van der Waals surface area (Å²) in [7, 11) is 3.10. The number of carbonyl (C=O) groups excluding carboxylic acids is 1. The topological polar surface area (TPSA) is 145 Å². The van der Waals surface area contributed by atoms with Crippen molar-refractivity contribution in [1.29, 1.82) is 0 Å². The third-order valence-corrected chi connectivity index (χ3v) is 6.96. The van der Waals surface area contributed by atoms with Gasteiger partial charge in [-0.05, 0) is 48.4 Å². The molecule has 5 aromatic rings. The quantitative estimate of drug-likeness (QED) is 0.201. The first-order valence-electron chi connectivity index (χ1n) is 13.8. The number of benzene rings is 3. The van der Waals surface area contributed by atoms with Crippen molar-refractivity contribution >= 4 is 28.6 Å². The number of rotatable bonds is 8. The normalized spacial score (nSPS) is 10.6. The number of pyridine rings is 1. The highest BCUT2D eigenvalue weighted by molar-refractivity contribution is 5.94. The monoisotopic (exact) mass is 589 g/mol. The van der Waals surface area contributed by atoms with Crippen LogP contribution in [0.3, 0.4) is 0 Å². The average molecular weight is 590 g/mol. The molecule has 0 fully saturated rings. The molecular weight excluding hydrogens is 558 g/mol. The van der Waals surface area contributed by atoms with Crippen molar-refractivity contribution in [3.05, 3.63) is 117 Å². The fraction of sp³-hybridized carbons (Fsp3) is 0.176. The van der Waals surface area contributed by atoms with E-state index in [-0.39, 0.29) is 18.1 Å². The molecule has 0 amide bonds. The Kier molecular flexibility index (Phi) is 8.77. The van der Waals surface area contributed by atoms with Gasteiger partial charge in [-0.25, -0.2) is 9.78 Å². The number of nitrogen functional groups attached to an aromatic ring is 2. The Morgan fingerprint density at radius 1 is 0.977 bits per heavy atom. The molecule has 0 unspecified atom stereocenters. The van der Waals surface area contributed by atoms with Crippen LogP contribution in [-0.4, -0.2) is 41.3 Å². The number of carbonyl (C=O) groups is 1. The van der Waals surface area contributed by atoms with Gasteiger partial charge in [0.25, 0.3) is 0 Å². The minimum atomic E-state index is -0.654. The van der Waals surface area contributed by atoms with E-state index in [1.807, 2.05) is 53.1 Å². The van der Waals surface area contributed by atoms with E-state index in [4.69, 9.17) is 25.7 Å². The summed E-state index contributed by atoms with van der Waals surface area (Å²) in [4.78, 5) is 34.0. The molecule has 0 aliphatic rings. The van der Waals surface area contributed by atoms with Gasteiger partial charge >= 0.3 is 5.97 Å². The molecule has 2 aromatic heterocycles. The zero-order valence-corrected chi connectivity index (χ0v) is 24.6. The van der Waals surface area contributed by atoms with Crippen LogP contribution >= 0.6 is 0 Å². The van der Waals surface area contributed by atoms with Crippen LogP contribution in [0.2, 0.25) is 0 Å². The fourth-order valence-corrected chi connectivity index (χ4v) is 4.88. The second-order valence-electron chi connectivity index (χ2n) is 9.88. The van der Waals surface area contributed by atoms with Gasteiger partial charge in [-0.1, -0.05) is 42.2 Å². The molecular formula is C34H31N5O5. The largest absolute Gasteiger partial charge is 0.493 e. The maximum atomic E-state index is 13.3. The molecule has 0 radical (unpaired) electrons. The van der Waals surface area contributed by atoms with Crippen molar-refractivity contribution < 1.29 is 19.0 Å². The number of nitrogens with two attached hydrogens (primary N) is 2. The lowest BCUT2D eigenvalue weighted by Crippen LogP contribution is -2.21. The SMILES string of the molecule is CCOC(=O)c1cn(Cc2ccccc2)c2cc(C#Cc3cc(Cc4cnc(N)nc4N)cc(OC)c3OC)ccc2c1=O. The van der Waals surface area contributed by atoms with Gasteiger partial charge in [-0.3, -0.25) is 4.79 Å². The average Bonchev–Trinajstić information content (AvgIpc) is 3.03. The lowest BCUT2D eigenvalue weighted by molar-refractivity contribution is 0.0524.